The normalized spacial score (nSPS) is 16.9. The molecule has 3 rings (SSSR count). The number of amides is 1. The van der Waals surface area contributed by atoms with E-state index in [9.17, 15) is 9.59 Å². The summed E-state index contributed by atoms with van der Waals surface area (Å²) in [6, 6.07) is 14.9. The molecule has 0 bridgehead atoms. The smallest absolute Gasteiger partial charge is 0.337 e. The Labute approximate surface area is 175 Å². The number of benzene rings is 2. The summed E-state index contributed by atoms with van der Waals surface area (Å²) in [6.45, 7) is 6.79. The molecule has 5 nitrogen and oxygen atoms in total. The summed E-state index contributed by atoms with van der Waals surface area (Å²) in [6.07, 6.45) is 1.83. The molecule has 0 spiro atoms. The van der Waals surface area contributed by atoms with Crippen LogP contribution >= 0.6 is 11.8 Å². The molecule has 1 aliphatic heterocycles. The Hall–Kier alpha value is -2.86. The van der Waals surface area contributed by atoms with Gasteiger partial charge in [-0.25, -0.2) is 9.79 Å². The van der Waals surface area contributed by atoms with Crippen LogP contribution in [-0.4, -0.2) is 35.6 Å². The van der Waals surface area contributed by atoms with Gasteiger partial charge in [-0.05, 0) is 60.5 Å². The minimum Gasteiger partial charge on any atom is -0.465 e. The quantitative estimate of drug-likeness (QED) is 0.514. The van der Waals surface area contributed by atoms with E-state index < -0.39 is 0 Å². The van der Waals surface area contributed by atoms with E-state index in [-0.39, 0.29) is 11.9 Å². The van der Waals surface area contributed by atoms with Gasteiger partial charge >= 0.3 is 5.97 Å². The maximum absolute atomic E-state index is 13.0. The van der Waals surface area contributed by atoms with Crippen molar-refractivity contribution in [1.29, 1.82) is 0 Å². The molecular formula is C23H24N2O3S. The fourth-order valence-electron chi connectivity index (χ4n) is 2.83. The van der Waals surface area contributed by atoms with Crippen LogP contribution in [0.15, 0.2) is 58.4 Å². The first kappa shape index (κ1) is 20.9. The molecule has 150 valence electrons. The van der Waals surface area contributed by atoms with Gasteiger partial charge in [0.05, 0.1) is 23.3 Å². The first-order chi connectivity index (χ1) is 13.9. The first-order valence-corrected chi connectivity index (χ1v) is 10.2. The van der Waals surface area contributed by atoms with E-state index in [0.717, 1.165) is 11.3 Å². The van der Waals surface area contributed by atoms with Crippen LogP contribution in [0.3, 0.4) is 0 Å². The molecule has 2 aromatic rings. The molecule has 0 atom stereocenters. The summed E-state index contributed by atoms with van der Waals surface area (Å²) >= 11 is 1.37. The lowest BCUT2D eigenvalue weighted by Crippen LogP contribution is -2.32. The van der Waals surface area contributed by atoms with Gasteiger partial charge in [-0.1, -0.05) is 43.7 Å². The molecule has 0 aromatic heterocycles. The third-order valence-electron chi connectivity index (χ3n) is 4.32. The summed E-state index contributed by atoms with van der Waals surface area (Å²) in [4.78, 5) is 31.6. The average Bonchev–Trinajstić information content (AvgIpc) is 2.98. The Balaban J connectivity index is 1.90. The monoisotopic (exact) mass is 408 g/mol. The number of amidine groups is 1. The minimum atomic E-state index is -0.383. The highest BCUT2D eigenvalue weighted by Gasteiger charge is 2.33. The van der Waals surface area contributed by atoms with E-state index in [1.807, 2.05) is 37.3 Å². The van der Waals surface area contributed by atoms with E-state index in [2.05, 4.69) is 13.8 Å². The van der Waals surface area contributed by atoms with Crippen LogP contribution in [0.25, 0.3) is 6.08 Å². The Kier molecular flexibility index (Phi) is 6.54. The summed E-state index contributed by atoms with van der Waals surface area (Å²) in [5.41, 5.74) is 3.31. The number of methoxy groups -OCH3 is 1. The third-order valence-corrected chi connectivity index (χ3v) is 5.33. The van der Waals surface area contributed by atoms with Gasteiger partial charge in [-0.2, -0.15) is 0 Å². The van der Waals surface area contributed by atoms with E-state index in [0.29, 0.717) is 28.1 Å². The standard InChI is InChI=1S/C23H24N2O3S/c1-15(2)14-25-21(26)20(13-17-7-9-18(10-8-17)22(27)28-4)29-23(25)24-19-11-5-16(3)6-12-19/h5-13,15H,14H2,1-4H3/b20-13+,24-23?. The zero-order valence-electron chi connectivity index (χ0n) is 17.0. The Bertz CT molecular complexity index is 961. The maximum Gasteiger partial charge on any atom is 0.337 e. The summed E-state index contributed by atoms with van der Waals surface area (Å²) in [5.74, 6) is -0.112. The number of thioether (sulfide) groups is 1. The van der Waals surface area contributed by atoms with Crippen LogP contribution in [0, 0.1) is 12.8 Å². The first-order valence-electron chi connectivity index (χ1n) is 9.42. The zero-order valence-corrected chi connectivity index (χ0v) is 17.8. The number of ether oxygens (including phenoxy) is 1. The topological polar surface area (TPSA) is 59.0 Å². The van der Waals surface area contributed by atoms with Crippen molar-refractivity contribution in [3.63, 3.8) is 0 Å². The molecule has 1 amide bonds. The lowest BCUT2D eigenvalue weighted by Gasteiger charge is -2.17. The number of aliphatic imine (C=N–C) groups is 1. The molecule has 1 aliphatic rings. The molecule has 1 fully saturated rings. The fraction of sp³-hybridized carbons (Fsp3) is 0.261. The maximum atomic E-state index is 13.0. The second-order valence-electron chi connectivity index (χ2n) is 7.26. The Morgan fingerprint density at radius 1 is 1.14 bits per heavy atom. The van der Waals surface area contributed by atoms with Crippen LogP contribution in [0.2, 0.25) is 0 Å². The molecule has 6 heteroatoms. The van der Waals surface area contributed by atoms with Crippen molar-refractivity contribution in [3.05, 3.63) is 70.1 Å². The fourth-order valence-corrected chi connectivity index (χ4v) is 3.84. The van der Waals surface area contributed by atoms with Crippen molar-refractivity contribution in [2.45, 2.75) is 20.8 Å². The number of carbonyl (C=O) groups is 2. The summed E-state index contributed by atoms with van der Waals surface area (Å²) in [7, 11) is 1.35. The van der Waals surface area contributed by atoms with Gasteiger partial charge in [0.2, 0.25) is 0 Å². The van der Waals surface area contributed by atoms with Gasteiger partial charge < -0.3 is 4.74 Å². The average molecular weight is 409 g/mol. The third kappa shape index (κ3) is 5.15. The van der Waals surface area contributed by atoms with Gasteiger partial charge in [0.15, 0.2) is 5.17 Å². The van der Waals surface area contributed by atoms with E-state index in [1.54, 1.807) is 29.2 Å². The predicted octanol–water partition coefficient (Wildman–Crippen LogP) is 5.04. The number of nitrogens with zero attached hydrogens (tertiary/aromatic N) is 2. The minimum absolute atomic E-state index is 0.0494. The summed E-state index contributed by atoms with van der Waals surface area (Å²) < 4.78 is 4.72. The molecule has 29 heavy (non-hydrogen) atoms. The predicted molar refractivity (Wildman–Crippen MR) is 118 cm³/mol. The SMILES string of the molecule is COC(=O)c1ccc(/C=C2/SC(=Nc3ccc(C)cc3)N(CC(C)C)C2=O)cc1. The van der Waals surface area contributed by atoms with E-state index >= 15 is 0 Å². The largest absolute Gasteiger partial charge is 0.465 e. The van der Waals surface area contributed by atoms with E-state index in [1.165, 1.54) is 24.4 Å². The summed E-state index contributed by atoms with van der Waals surface area (Å²) in [5, 5.41) is 0.685. The number of hydrogen-bond donors (Lipinski definition) is 0. The molecule has 1 saturated heterocycles. The van der Waals surface area contributed by atoms with Crippen molar-refractivity contribution in [2.75, 3.05) is 13.7 Å². The highest BCUT2D eigenvalue weighted by Crippen LogP contribution is 2.34. The van der Waals surface area contributed by atoms with Gasteiger partial charge in [0.25, 0.3) is 5.91 Å². The van der Waals surface area contributed by atoms with Gasteiger partial charge in [0.1, 0.15) is 0 Å². The Morgan fingerprint density at radius 2 is 1.79 bits per heavy atom. The second kappa shape index (κ2) is 9.09. The van der Waals surface area contributed by atoms with Crippen LogP contribution in [-0.2, 0) is 9.53 Å². The second-order valence-corrected chi connectivity index (χ2v) is 8.27. The molecule has 1 heterocycles. The highest BCUT2D eigenvalue weighted by atomic mass is 32.2. The molecule has 0 unspecified atom stereocenters. The highest BCUT2D eigenvalue weighted by molar-refractivity contribution is 8.18. The van der Waals surface area contributed by atoms with Gasteiger partial charge in [-0.3, -0.25) is 9.69 Å². The van der Waals surface area contributed by atoms with Gasteiger partial charge in [0, 0.05) is 6.54 Å². The van der Waals surface area contributed by atoms with Crippen LogP contribution in [0.5, 0.6) is 0 Å². The molecule has 0 saturated carbocycles. The number of esters is 1. The van der Waals surface area contributed by atoms with Crippen molar-refractivity contribution >= 4 is 40.6 Å². The number of rotatable bonds is 5. The van der Waals surface area contributed by atoms with E-state index in [4.69, 9.17) is 9.73 Å². The van der Waals surface area contributed by atoms with Crippen molar-refractivity contribution in [3.8, 4) is 0 Å². The Morgan fingerprint density at radius 3 is 2.38 bits per heavy atom. The molecule has 0 aliphatic carbocycles. The molecular weight excluding hydrogens is 384 g/mol. The molecule has 2 aromatic carbocycles. The number of aryl methyl sites for hydroxylation is 1. The molecule has 0 N–H and O–H groups in total. The van der Waals surface area contributed by atoms with Gasteiger partial charge in [-0.15, -0.1) is 0 Å². The van der Waals surface area contributed by atoms with Crippen LogP contribution in [0.1, 0.15) is 35.3 Å². The van der Waals surface area contributed by atoms with Crippen molar-refractivity contribution in [2.24, 2.45) is 10.9 Å². The van der Waals surface area contributed by atoms with Crippen LogP contribution < -0.4 is 0 Å². The van der Waals surface area contributed by atoms with Crippen molar-refractivity contribution < 1.29 is 14.3 Å². The lowest BCUT2D eigenvalue weighted by atomic mass is 10.1. The van der Waals surface area contributed by atoms with Crippen LogP contribution in [0.4, 0.5) is 5.69 Å². The number of carbonyl (C=O) groups excluding carboxylic acids is 2. The zero-order chi connectivity index (χ0) is 21.0. The lowest BCUT2D eigenvalue weighted by molar-refractivity contribution is -0.122. The number of hydrogen-bond acceptors (Lipinski definition) is 5. The molecule has 0 radical (unpaired) electrons. The van der Waals surface area contributed by atoms with Crippen molar-refractivity contribution in [1.82, 2.24) is 4.90 Å².